The van der Waals surface area contributed by atoms with Crippen LogP contribution in [-0.2, 0) is 11.8 Å². The van der Waals surface area contributed by atoms with Gasteiger partial charge in [-0.3, -0.25) is 4.79 Å². The molecule has 0 aliphatic carbocycles. The minimum absolute atomic E-state index is 0.480. The van der Waals surface area contributed by atoms with Gasteiger partial charge in [-0.1, -0.05) is 11.6 Å². The Hall–Kier alpha value is -1.77. The molecule has 1 aromatic heterocycles. The number of carboxylic acid groups (broad SMARTS) is 1. The van der Waals surface area contributed by atoms with Crippen molar-refractivity contribution in [2.75, 3.05) is 0 Å². The van der Waals surface area contributed by atoms with Crippen molar-refractivity contribution >= 4 is 16.9 Å². The highest BCUT2D eigenvalue weighted by Gasteiger charge is 2.19. The Morgan fingerprint density at radius 2 is 1.94 bits per heavy atom. The van der Waals surface area contributed by atoms with E-state index in [2.05, 4.69) is 26.0 Å². The summed E-state index contributed by atoms with van der Waals surface area (Å²) in [4.78, 5) is 11.1. The van der Waals surface area contributed by atoms with Crippen molar-refractivity contribution < 1.29 is 9.90 Å². The van der Waals surface area contributed by atoms with Gasteiger partial charge in [-0.2, -0.15) is 0 Å². The lowest BCUT2D eigenvalue weighted by Gasteiger charge is -2.09. The molecule has 0 saturated heterocycles. The molecular weight excluding hydrogens is 214 g/mol. The molecule has 3 nitrogen and oxygen atoms in total. The molecule has 3 heteroatoms. The lowest BCUT2D eigenvalue weighted by atomic mass is 10.1. The van der Waals surface area contributed by atoms with Crippen LogP contribution in [0.3, 0.4) is 0 Å². The number of nitrogens with zero attached hydrogens (tertiary/aromatic N) is 1. The van der Waals surface area contributed by atoms with Crippen LogP contribution in [0, 0.1) is 13.8 Å². The second kappa shape index (κ2) is 3.91. The smallest absolute Gasteiger partial charge is 0.312 e. The molecule has 0 bridgehead atoms. The first-order valence-corrected chi connectivity index (χ1v) is 5.71. The van der Waals surface area contributed by atoms with Gasteiger partial charge in [-0.05, 0) is 38.5 Å². The Labute approximate surface area is 101 Å². The number of carbonyl (C=O) groups is 1. The SMILES string of the molecule is Cc1cc(C)c2c(c1)cc(C(C)C(=O)O)n2C. The quantitative estimate of drug-likeness (QED) is 0.863. The molecule has 0 amide bonds. The van der Waals surface area contributed by atoms with Gasteiger partial charge >= 0.3 is 5.97 Å². The number of aryl methyl sites for hydroxylation is 3. The second-order valence-corrected chi connectivity index (χ2v) is 4.71. The molecule has 2 aromatic rings. The summed E-state index contributed by atoms with van der Waals surface area (Å²) < 4.78 is 1.99. The van der Waals surface area contributed by atoms with Gasteiger partial charge in [0.25, 0.3) is 0 Å². The topological polar surface area (TPSA) is 42.2 Å². The average molecular weight is 231 g/mol. The Morgan fingerprint density at radius 1 is 1.29 bits per heavy atom. The molecule has 2 rings (SSSR count). The van der Waals surface area contributed by atoms with Crippen LogP contribution < -0.4 is 0 Å². The third-order valence-electron chi connectivity index (χ3n) is 3.31. The summed E-state index contributed by atoms with van der Waals surface area (Å²) in [6.07, 6.45) is 0. The monoisotopic (exact) mass is 231 g/mol. The lowest BCUT2D eigenvalue weighted by Crippen LogP contribution is -2.11. The second-order valence-electron chi connectivity index (χ2n) is 4.71. The van der Waals surface area contributed by atoms with Crippen LogP contribution in [0.4, 0.5) is 0 Å². The molecule has 0 aliphatic heterocycles. The number of fused-ring (bicyclic) bond motifs is 1. The highest BCUT2D eigenvalue weighted by Crippen LogP contribution is 2.27. The van der Waals surface area contributed by atoms with Crippen molar-refractivity contribution in [3.63, 3.8) is 0 Å². The van der Waals surface area contributed by atoms with Crippen molar-refractivity contribution in [2.45, 2.75) is 26.7 Å². The van der Waals surface area contributed by atoms with Gasteiger partial charge in [0.05, 0.1) is 11.4 Å². The van der Waals surface area contributed by atoms with E-state index >= 15 is 0 Å². The first kappa shape index (κ1) is 11.7. The molecule has 1 N–H and O–H groups in total. The van der Waals surface area contributed by atoms with Gasteiger partial charge < -0.3 is 9.67 Å². The van der Waals surface area contributed by atoms with E-state index in [4.69, 9.17) is 5.11 Å². The Balaban J connectivity index is 2.73. The summed E-state index contributed by atoms with van der Waals surface area (Å²) in [6.45, 7) is 5.84. The summed E-state index contributed by atoms with van der Waals surface area (Å²) in [5.41, 5.74) is 4.36. The van der Waals surface area contributed by atoms with Gasteiger partial charge in [0.15, 0.2) is 0 Å². The van der Waals surface area contributed by atoms with Crippen LogP contribution in [0.15, 0.2) is 18.2 Å². The summed E-state index contributed by atoms with van der Waals surface area (Å²) in [7, 11) is 1.93. The van der Waals surface area contributed by atoms with Crippen molar-refractivity contribution in [1.29, 1.82) is 0 Å². The van der Waals surface area contributed by atoms with E-state index in [1.54, 1.807) is 6.92 Å². The lowest BCUT2D eigenvalue weighted by molar-refractivity contribution is -0.138. The number of rotatable bonds is 2. The van der Waals surface area contributed by atoms with Crippen molar-refractivity contribution in [2.24, 2.45) is 7.05 Å². The third-order valence-corrected chi connectivity index (χ3v) is 3.31. The number of hydrogen-bond acceptors (Lipinski definition) is 1. The predicted octanol–water partition coefficient (Wildman–Crippen LogP) is 2.98. The molecule has 1 heterocycles. The number of carboxylic acids is 1. The number of hydrogen-bond donors (Lipinski definition) is 1. The molecule has 0 spiro atoms. The third kappa shape index (κ3) is 1.82. The molecule has 1 unspecified atom stereocenters. The van der Waals surface area contributed by atoms with Gasteiger partial charge in [-0.25, -0.2) is 0 Å². The van der Waals surface area contributed by atoms with E-state index < -0.39 is 11.9 Å². The number of benzene rings is 1. The maximum atomic E-state index is 11.1. The van der Waals surface area contributed by atoms with E-state index in [1.165, 1.54) is 11.1 Å². The zero-order valence-electron chi connectivity index (χ0n) is 10.6. The zero-order chi connectivity index (χ0) is 12.7. The Morgan fingerprint density at radius 3 is 2.53 bits per heavy atom. The molecule has 90 valence electrons. The normalized spacial score (nSPS) is 12.9. The molecule has 0 fully saturated rings. The van der Waals surface area contributed by atoms with Gasteiger partial charge in [0.2, 0.25) is 0 Å². The minimum atomic E-state index is -0.787. The Bertz CT molecular complexity index is 596. The van der Waals surface area contributed by atoms with Crippen LogP contribution in [0.25, 0.3) is 10.9 Å². The molecule has 0 aliphatic rings. The van der Waals surface area contributed by atoms with E-state index in [1.807, 2.05) is 17.7 Å². The fourth-order valence-electron chi connectivity index (χ4n) is 2.49. The zero-order valence-corrected chi connectivity index (χ0v) is 10.6. The van der Waals surface area contributed by atoms with E-state index in [9.17, 15) is 4.79 Å². The minimum Gasteiger partial charge on any atom is -0.481 e. The summed E-state index contributed by atoms with van der Waals surface area (Å²) >= 11 is 0. The fourth-order valence-corrected chi connectivity index (χ4v) is 2.49. The van der Waals surface area contributed by atoms with Crippen LogP contribution in [0.1, 0.15) is 29.7 Å². The highest BCUT2D eigenvalue weighted by atomic mass is 16.4. The van der Waals surface area contributed by atoms with Crippen molar-refractivity contribution in [3.05, 3.63) is 35.0 Å². The van der Waals surface area contributed by atoms with Crippen molar-refractivity contribution in [3.8, 4) is 0 Å². The molecule has 0 saturated carbocycles. The Kier molecular flexibility index (Phi) is 2.69. The first-order valence-electron chi connectivity index (χ1n) is 5.71. The average Bonchev–Trinajstić information content (AvgIpc) is 2.54. The van der Waals surface area contributed by atoms with Crippen molar-refractivity contribution in [1.82, 2.24) is 4.57 Å². The largest absolute Gasteiger partial charge is 0.481 e. The fraction of sp³-hybridized carbons (Fsp3) is 0.357. The highest BCUT2D eigenvalue weighted by molar-refractivity contribution is 5.87. The van der Waals surface area contributed by atoms with E-state index in [0.717, 1.165) is 16.6 Å². The molecule has 17 heavy (non-hydrogen) atoms. The first-order chi connectivity index (χ1) is 7.91. The maximum Gasteiger partial charge on any atom is 0.312 e. The van der Waals surface area contributed by atoms with Gasteiger partial charge in [-0.15, -0.1) is 0 Å². The van der Waals surface area contributed by atoms with Crippen LogP contribution in [-0.4, -0.2) is 15.6 Å². The maximum absolute atomic E-state index is 11.1. The summed E-state index contributed by atoms with van der Waals surface area (Å²) in [5, 5.41) is 10.2. The van der Waals surface area contributed by atoms with Gasteiger partial charge in [0.1, 0.15) is 0 Å². The van der Waals surface area contributed by atoms with E-state index in [0.29, 0.717) is 0 Å². The molecule has 1 atom stereocenters. The van der Waals surface area contributed by atoms with Crippen LogP contribution in [0.2, 0.25) is 0 Å². The summed E-state index contributed by atoms with van der Waals surface area (Å²) in [6, 6.07) is 6.20. The van der Waals surface area contributed by atoms with Crippen LogP contribution in [0.5, 0.6) is 0 Å². The number of aromatic nitrogens is 1. The van der Waals surface area contributed by atoms with Crippen LogP contribution >= 0.6 is 0 Å². The number of aliphatic carboxylic acids is 1. The molecular formula is C14H17NO2. The van der Waals surface area contributed by atoms with E-state index in [-0.39, 0.29) is 0 Å². The molecule has 0 radical (unpaired) electrons. The molecule has 1 aromatic carbocycles. The van der Waals surface area contributed by atoms with Gasteiger partial charge in [0, 0.05) is 18.1 Å². The standard InChI is InChI=1S/C14H17NO2/c1-8-5-9(2)13-11(6-8)7-12(15(13)4)10(3)14(16)17/h5-7,10H,1-4H3,(H,16,17). The predicted molar refractivity (Wildman–Crippen MR) is 68.4 cm³/mol. The summed E-state index contributed by atoms with van der Waals surface area (Å²) in [5.74, 6) is -1.27.